The average Bonchev–Trinajstić information content (AvgIpc) is 3.11. The number of hydrogen-bond acceptors (Lipinski definition) is 3. The van der Waals surface area contributed by atoms with Gasteiger partial charge < -0.3 is 10.2 Å². The monoisotopic (exact) mass is 329 g/mol. The van der Waals surface area contributed by atoms with Gasteiger partial charge in [-0.15, -0.1) is 0 Å². The highest BCUT2D eigenvalue weighted by atomic mass is 16.1. The third-order valence-corrected chi connectivity index (χ3v) is 4.48. The van der Waals surface area contributed by atoms with Crippen molar-refractivity contribution < 1.29 is 4.79 Å². The number of hydrogen-bond donors (Lipinski definition) is 1. The maximum absolute atomic E-state index is 12.3. The number of benzene rings is 2. The first kappa shape index (κ1) is 15.4. The highest BCUT2D eigenvalue weighted by Crippen LogP contribution is 2.33. The van der Waals surface area contributed by atoms with Crippen molar-refractivity contribution in [2.75, 3.05) is 11.4 Å². The molecule has 1 amide bonds. The minimum absolute atomic E-state index is 0.155. The van der Waals surface area contributed by atoms with Gasteiger partial charge in [0.15, 0.2) is 0 Å². The van der Waals surface area contributed by atoms with Crippen molar-refractivity contribution in [3.63, 3.8) is 0 Å². The molecule has 1 aliphatic rings. The molecule has 0 fully saturated rings. The number of para-hydroxylation sites is 1. The fraction of sp³-hybridized carbons (Fsp3) is 0.143. The summed E-state index contributed by atoms with van der Waals surface area (Å²) < 4.78 is 0. The van der Waals surface area contributed by atoms with Crippen LogP contribution >= 0.6 is 0 Å². The smallest absolute Gasteiger partial charge is 0.270 e. The van der Waals surface area contributed by atoms with E-state index in [4.69, 9.17) is 0 Å². The second-order valence-corrected chi connectivity index (χ2v) is 6.10. The van der Waals surface area contributed by atoms with Gasteiger partial charge in [-0.2, -0.15) is 0 Å². The van der Waals surface area contributed by atoms with Gasteiger partial charge in [-0.3, -0.25) is 4.79 Å². The SMILES string of the molecule is O=C(NCc1ccccc1)c1ccc(N2CCc3ccccc32)cn1. The number of rotatable bonds is 4. The van der Waals surface area contributed by atoms with Crippen LogP contribution in [0, 0.1) is 0 Å². The zero-order valence-electron chi connectivity index (χ0n) is 13.9. The molecule has 1 aliphatic heterocycles. The van der Waals surface area contributed by atoms with Crippen LogP contribution in [0.4, 0.5) is 11.4 Å². The Kier molecular flexibility index (Phi) is 4.17. The molecule has 0 aliphatic carbocycles. The Bertz CT molecular complexity index is 875. The molecular formula is C21H19N3O. The molecule has 4 rings (SSSR count). The Morgan fingerprint density at radius 2 is 1.80 bits per heavy atom. The zero-order valence-corrected chi connectivity index (χ0v) is 13.9. The predicted molar refractivity (Wildman–Crippen MR) is 99.0 cm³/mol. The lowest BCUT2D eigenvalue weighted by molar-refractivity contribution is 0.0946. The van der Waals surface area contributed by atoms with Crippen molar-refractivity contribution in [3.8, 4) is 0 Å². The molecule has 0 spiro atoms. The summed E-state index contributed by atoms with van der Waals surface area (Å²) in [5.41, 5.74) is 5.11. The van der Waals surface area contributed by atoms with Crippen LogP contribution in [0.15, 0.2) is 72.9 Å². The van der Waals surface area contributed by atoms with Crippen LogP contribution in [0.2, 0.25) is 0 Å². The summed E-state index contributed by atoms with van der Waals surface area (Å²) in [7, 11) is 0. The van der Waals surface area contributed by atoms with Gasteiger partial charge in [0.05, 0.1) is 11.9 Å². The zero-order chi connectivity index (χ0) is 17.1. The van der Waals surface area contributed by atoms with Crippen LogP contribution in [0.25, 0.3) is 0 Å². The number of nitrogens with zero attached hydrogens (tertiary/aromatic N) is 2. The lowest BCUT2D eigenvalue weighted by Crippen LogP contribution is -2.24. The van der Waals surface area contributed by atoms with E-state index in [-0.39, 0.29) is 5.91 Å². The minimum atomic E-state index is -0.155. The van der Waals surface area contributed by atoms with Crippen LogP contribution in [0.5, 0.6) is 0 Å². The number of pyridine rings is 1. The Hall–Kier alpha value is -3.14. The van der Waals surface area contributed by atoms with Crippen molar-refractivity contribution >= 4 is 17.3 Å². The highest BCUT2D eigenvalue weighted by Gasteiger charge is 2.20. The first-order valence-electron chi connectivity index (χ1n) is 8.45. The van der Waals surface area contributed by atoms with Crippen molar-refractivity contribution in [1.82, 2.24) is 10.3 Å². The molecule has 1 N–H and O–H groups in total. The van der Waals surface area contributed by atoms with E-state index in [1.54, 1.807) is 12.3 Å². The minimum Gasteiger partial charge on any atom is -0.347 e. The van der Waals surface area contributed by atoms with Crippen molar-refractivity contribution in [2.45, 2.75) is 13.0 Å². The van der Waals surface area contributed by atoms with E-state index in [1.807, 2.05) is 36.4 Å². The fourth-order valence-corrected chi connectivity index (χ4v) is 3.16. The normalized spacial score (nSPS) is 12.7. The van der Waals surface area contributed by atoms with Gasteiger partial charge in [0.1, 0.15) is 5.69 Å². The van der Waals surface area contributed by atoms with E-state index < -0.39 is 0 Å². The molecule has 0 saturated carbocycles. The number of fused-ring (bicyclic) bond motifs is 1. The summed E-state index contributed by atoms with van der Waals surface area (Å²) in [6, 6.07) is 22.0. The summed E-state index contributed by atoms with van der Waals surface area (Å²) in [6.07, 6.45) is 2.81. The molecule has 0 atom stereocenters. The summed E-state index contributed by atoms with van der Waals surface area (Å²) in [5.74, 6) is -0.155. The largest absolute Gasteiger partial charge is 0.347 e. The van der Waals surface area contributed by atoms with Gasteiger partial charge in [0, 0.05) is 18.8 Å². The Morgan fingerprint density at radius 1 is 1.00 bits per heavy atom. The average molecular weight is 329 g/mol. The summed E-state index contributed by atoms with van der Waals surface area (Å²) >= 11 is 0. The number of carbonyl (C=O) groups excluding carboxylic acids is 1. The van der Waals surface area contributed by atoms with E-state index in [9.17, 15) is 4.79 Å². The summed E-state index contributed by atoms with van der Waals surface area (Å²) in [5, 5.41) is 2.90. The third-order valence-electron chi connectivity index (χ3n) is 4.48. The van der Waals surface area contributed by atoms with Gasteiger partial charge in [0.2, 0.25) is 0 Å². The quantitative estimate of drug-likeness (QED) is 0.794. The molecule has 4 heteroatoms. The second-order valence-electron chi connectivity index (χ2n) is 6.10. The van der Waals surface area contributed by atoms with Crippen LogP contribution in [0.1, 0.15) is 21.6 Å². The second kappa shape index (κ2) is 6.77. The molecule has 0 unspecified atom stereocenters. The van der Waals surface area contributed by atoms with Gasteiger partial charge in [-0.1, -0.05) is 48.5 Å². The topological polar surface area (TPSA) is 45.2 Å². The maximum Gasteiger partial charge on any atom is 0.270 e. The van der Waals surface area contributed by atoms with Crippen LogP contribution < -0.4 is 10.2 Å². The van der Waals surface area contributed by atoms with Crippen molar-refractivity contribution in [1.29, 1.82) is 0 Å². The lowest BCUT2D eigenvalue weighted by atomic mass is 10.2. The van der Waals surface area contributed by atoms with Crippen LogP contribution in [-0.2, 0) is 13.0 Å². The lowest BCUT2D eigenvalue weighted by Gasteiger charge is -2.19. The van der Waals surface area contributed by atoms with Gasteiger partial charge in [-0.05, 0) is 35.7 Å². The molecule has 3 aromatic rings. The molecule has 2 aromatic carbocycles. The standard InChI is InChI=1S/C21H19N3O/c25-21(23-14-16-6-2-1-3-7-16)19-11-10-18(15-22-19)24-13-12-17-8-4-5-9-20(17)24/h1-11,15H,12-14H2,(H,23,25). The van der Waals surface area contributed by atoms with Gasteiger partial charge in [-0.25, -0.2) is 4.98 Å². The van der Waals surface area contributed by atoms with Crippen molar-refractivity contribution in [3.05, 3.63) is 89.7 Å². The number of nitrogens with one attached hydrogen (secondary N) is 1. The Labute approximate surface area is 147 Å². The van der Waals surface area contributed by atoms with E-state index in [0.717, 1.165) is 24.2 Å². The molecule has 1 aromatic heterocycles. The first-order valence-corrected chi connectivity index (χ1v) is 8.45. The van der Waals surface area contributed by atoms with Gasteiger partial charge in [0.25, 0.3) is 5.91 Å². The predicted octanol–water partition coefficient (Wildman–Crippen LogP) is 3.71. The summed E-state index contributed by atoms with van der Waals surface area (Å²) in [6.45, 7) is 1.45. The first-order chi connectivity index (χ1) is 12.3. The van der Waals surface area contributed by atoms with Crippen molar-refractivity contribution in [2.24, 2.45) is 0 Å². The number of carbonyl (C=O) groups is 1. The van der Waals surface area contributed by atoms with E-state index in [0.29, 0.717) is 12.2 Å². The third kappa shape index (κ3) is 3.24. The number of anilines is 2. The van der Waals surface area contributed by atoms with E-state index in [2.05, 4.69) is 39.5 Å². The van der Waals surface area contributed by atoms with Gasteiger partial charge >= 0.3 is 0 Å². The molecule has 25 heavy (non-hydrogen) atoms. The van der Waals surface area contributed by atoms with E-state index in [1.165, 1.54) is 11.3 Å². The fourth-order valence-electron chi connectivity index (χ4n) is 3.16. The highest BCUT2D eigenvalue weighted by molar-refractivity contribution is 5.92. The molecule has 0 saturated heterocycles. The van der Waals surface area contributed by atoms with Crippen LogP contribution in [0.3, 0.4) is 0 Å². The molecule has 4 nitrogen and oxygen atoms in total. The molecule has 0 radical (unpaired) electrons. The number of amides is 1. The van der Waals surface area contributed by atoms with E-state index >= 15 is 0 Å². The Balaban J connectivity index is 1.45. The molecule has 2 heterocycles. The van der Waals surface area contributed by atoms with Crippen LogP contribution in [-0.4, -0.2) is 17.4 Å². The Morgan fingerprint density at radius 3 is 2.60 bits per heavy atom. The molecular weight excluding hydrogens is 310 g/mol. The summed E-state index contributed by atoms with van der Waals surface area (Å²) in [4.78, 5) is 18.9. The molecule has 124 valence electrons. The molecule has 0 bridgehead atoms. The maximum atomic E-state index is 12.3. The number of aromatic nitrogens is 1.